The fourth-order valence-electron chi connectivity index (χ4n) is 5.28. The number of ether oxygens (including phenoxy) is 1. The Hall–Kier alpha value is -0.0400. The predicted molar refractivity (Wildman–Crippen MR) is 66.3 cm³/mol. The van der Waals surface area contributed by atoms with E-state index in [1.165, 1.54) is 25.7 Å². The van der Waals surface area contributed by atoms with Crippen LogP contribution in [0.5, 0.6) is 0 Å². The molecule has 4 atom stereocenters. The zero-order valence-corrected chi connectivity index (χ0v) is 11.5. The molecular formula is C15H26O. The fourth-order valence-corrected chi connectivity index (χ4v) is 5.28. The van der Waals surface area contributed by atoms with Crippen molar-refractivity contribution < 1.29 is 4.74 Å². The Morgan fingerprint density at radius 2 is 1.62 bits per heavy atom. The van der Waals surface area contributed by atoms with Crippen molar-refractivity contribution in [3.05, 3.63) is 0 Å². The maximum atomic E-state index is 6.45. The van der Waals surface area contributed by atoms with Crippen molar-refractivity contribution in [2.75, 3.05) is 0 Å². The Kier molecular flexibility index (Phi) is 1.98. The number of hydrogen-bond acceptors (Lipinski definition) is 1. The zero-order chi connectivity index (χ0) is 11.8. The highest BCUT2D eigenvalue weighted by molar-refractivity contribution is 5.20. The molecule has 0 bridgehead atoms. The molecule has 3 fully saturated rings. The smallest absolute Gasteiger partial charge is 0.0781 e. The molecule has 1 heteroatoms. The minimum atomic E-state index is 0.142. The van der Waals surface area contributed by atoms with Crippen LogP contribution in [0.3, 0.4) is 0 Å². The van der Waals surface area contributed by atoms with Crippen molar-refractivity contribution >= 4 is 0 Å². The first-order valence-corrected chi connectivity index (χ1v) is 6.98. The van der Waals surface area contributed by atoms with Gasteiger partial charge in [-0.05, 0) is 50.4 Å². The van der Waals surface area contributed by atoms with Crippen molar-refractivity contribution in [3.63, 3.8) is 0 Å². The van der Waals surface area contributed by atoms with Gasteiger partial charge in [0.1, 0.15) is 0 Å². The van der Waals surface area contributed by atoms with Gasteiger partial charge in [0, 0.05) is 5.92 Å². The normalized spacial score (nSPS) is 52.7. The summed E-state index contributed by atoms with van der Waals surface area (Å²) in [6, 6.07) is 0. The molecule has 3 aliphatic rings. The predicted octanol–water partition coefficient (Wildman–Crippen LogP) is 4.02. The minimum Gasteiger partial charge on any atom is -0.368 e. The summed E-state index contributed by atoms with van der Waals surface area (Å²) in [5, 5.41) is 0. The Bertz CT molecular complexity index is 313. The molecule has 0 aromatic carbocycles. The monoisotopic (exact) mass is 222 g/mol. The van der Waals surface area contributed by atoms with E-state index in [4.69, 9.17) is 4.74 Å². The van der Waals surface area contributed by atoms with Crippen LogP contribution in [0.1, 0.15) is 60.3 Å². The van der Waals surface area contributed by atoms with Gasteiger partial charge in [0.2, 0.25) is 0 Å². The molecule has 0 aromatic heterocycles. The molecule has 0 N–H and O–H groups in total. The van der Waals surface area contributed by atoms with Crippen LogP contribution >= 0.6 is 0 Å². The molecule has 2 saturated carbocycles. The molecule has 1 aliphatic heterocycles. The maximum Gasteiger partial charge on any atom is 0.0781 e. The molecule has 0 aromatic rings. The average molecular weight is 222 g/mol. The minimum absolute atomic E-state index is 0.142. The summed E-state index contributed by atoms with van der Waals surface area (Å²) in [7, 11) is 0. The van der Waals surface area contributed by atoms with Gasteiger partial charge in [-0.15, -0.1) is 0 Å². The van der Waals surface area contributed by atoms with Crippen LogP contribution < -0.4 is 0 Å². The molecule has 1 saturated heterocycles. The van der Waals surface area contributed by atoms with Gasteiger partial charge >= 0.3 is 0 Å². The van der Waals surface area contributed by atoms with Crippen LogP contribution in [0, 0.1) is 23.2 Å². The first-order chi connectivity index (χ1) is 7.28. The van der Waals surface area contributed by atoms with E-state index in [0.29, 0.717) is 5.41 Å². The van der Waals surface area contributed by atoms with Gasteiger partial charge < -0.3 is 4.74 Å². The SMILES string of the molecule is C[C@@H]1CC[C@H]2C(C)(C)C[C@H]3C(C)(C)O[C@@]23C1. The second-order valence-electron chi connectivity index (χ2n) is 7.84. The molecule has 1 nitrogen and oxygen atoms in total. The van der Waals surface area contributed by atoms with Gasteiger partial charge in [-0.3, -0.25) is 0 Å². The number of rotatable bonds is 0. The Balaban J connectivity index is 1.97. The van der Waals surface area contributed by atoms with E-state index in [2.05, 4.69) is 34.6 Å². The Labute approximate surface area is 99.9 Å². The van der Waals surface area contributed by atoms with Crippen LogP contribution in [0.4, 0.5) is 0 Å². The average Bonchev–Trinajstić information content (AvgIpc) is 2.31. The molecule has 0 radical (unpaired) electrons. The van der Waals surface area contributed by atoms with E-state index < -0.39 is 0 Å². The van der Waals surface area contributed by atoms with Crippen molar-refractivity contribution in [3.8, 4) is 0 Å². The van der Waals surface area contributed by atoms with Gasteiger partial charge in [0.05, 0.1) is 11.2 Å². The molecule has 0 amide bonds. The van der Waals surface area contributed by atoms with Gasteiger partial charge in [-0.25, -0.2) is 0 Å². The highest BCUT2D eigenvalue weighted by Crippen LogP contribution is 2.69. The van der Waals surface area contributed by atoms with Crippen molar-refractivity contribution in [1.82, 2.24) is 0 Å². The summed E-state index contributed by atoms with van der Waals surface area (Å²) < 4.78 is 6.45. The van der Waals surface area contributed by atoms with Gasteiger partial charge in [-0.2, -0.15) is 0 Å². The van der Waals surface area contributed by atoms with E-state index in [1.54, 1.807) is 0 Å². The quantitative estimate of drug-likeness (QED) is 0.601. The summed E-state index contributed by atoms with van der Waals surface area (Å²) in [4.78, 5) is 0. The zero-order valence-electron chi connectivity index (χ0n) is 11.5. The van der Waals surface area contributed by atoms with E-state index in [9.17, 15) is 0 Å². The van der Waals surface area contributed by atoms with Crippen LogP contribution in [0.25, 0.3) is 0 Å². The van der Waals surface area contributed by atoms with Crippen molar-refractivity contribution in [2.45, 2.75) is 71.5 Å². The topological polar surface area (TPSA) is 9.23 Å². The van der Waals surface area contributed by atoms with Crippen LogP contribution in [-0.2, 0) is 4.74 Å². The Morgan fingerprint density at radius 3 is 2.25 bits per heavy atom. The molecule has 92 valence electrons. The van der Waals surface area contributed by atoms with Crippen LogP contribution in [0.15, 0.2) is 0 Å². The van der Waals surface area contributed by atoms with E-state index in [-0.39, 0.29) is 11.2 Å². The van der Waals surface area contributed by atoms with Gasteiger partial charge in [-0.1, -0.05) is 27.2 Å². The molecule has 16 heavy (non-hydrogen) atoms. The highest BCUT2D eigenvalue weighted by atomic mass is 16.6. The second-order valence-corrected chi connectivity index (χ2v) is 7.84. The van der Waals surface area contributed by atoms with E-state index >= 15 is 0 Å². The third-order valence-corrected chi connectivity index (χ3v) is 5.76. The standard InChI is InChI=1S/C15H26O/c1-10-6-7-11-13(2,3)9-12-14(4,5)16-15(11,12)8-10/h10-12H,6-9H2,1-5H3/t10-,11+,12+,15+/m1/s1. The summed E-state index contributed by atoms with van der Waals surface area (Å²) in [6.45, 7) is 11.9. The van der Waals surface area contributed by atoms with Crippen molar-refractivity contribution in [2.24, 2.45) is 23.2 Å². The summed E-state index contributed by atoms with van der Waals surface area (Å²) in [5.41, 5.74) is 0.909. The second kappa shape index (κ2) is 2.85. The third kappa shape index (κ3) is 1.16. The highest BCUT2D eigenvalue weighted by Gasteiger charge is 2.71. The molecule has 1 heterocycles. The van der Waals surface area contributed by atoms with Gasteiger partial charge in [0.15, 0.2) is 0 Å². The maximum absolute atomic E-state index is 6.45. The van der Waals surface area contributed by atoms with E-state index in [0.717, 1.165) is 17.8 Å². The van der Waals surface area contributed by atoms with Crippen molar-refractivity contribution in [1.29, 1.82) is 0 Å². The van der Waals surface area contributed by atoms with E-state index in [1.807, 2.05) is 0 Å². The summed E-state index contributed by atoms with van der Waals surface area (Å²) >= 11 is 0. The molecule has 1 spiro atoms. The molecular weight excluding hydrogens is 196 g/mol. The number of hydrogen-bond donors (Lipinski definition) is 0. The first kappa shape index (κ1) is 11.1. The Morgan fingerprint density at radius 1 is 0.938 bits per heavy atom. The summed E-state index contributed by atoms with van der Waals surface area (Å²) in [6.07, 6.45) is 5.49. The lowest BCUT2D eigenvalue weighted by Gasteiger charge is -2.62. The van der Waals surface area contributed by atoms with Crippen LogP contribution in [-0.4, -0.2) is 11.2 Å². The third-order valence-electron chi connectivity index (χ3n) is 5.76. The molecule has 3 rings (SSSR count). The molecule has 2 aliphatic carbocycles. The largest absolute Gasteiger partial charge is 0.368 e. The lowest BCUT2D eigenvalue weighted by atomic mass is 9.60. The first-order valence-electron chi connectivity index (χ1n) is 6.98. The lowest BCUT2D eigenvalue weighted by Crippen LogP contribution is -2.67. The molecule has 0 unspecified atom stereocenters. The fraction of sp³-hybridized carbons (Fsp3) is 1.00. The lowest BCUT2D eigenvalue weighted by molar-refractivity contribution is -0.325. The van der Waals surface area contributed by atoms with Gasteiger partial charge in [0.25, 0.3) is 0 Å². The summed E-state index contributed by atoms with van der Waals surface area (Å²) in [5.74, 6) is 2.49. The van der Waals surface area contributed by atoms with Crippen LogP contribution in [0.2, 0.25) is 0 Å².